The van der Waals surface area contributed by atoms with Crippen LogP contribution in [0.4, 0.5) is 5.69 Å². The molecule has 8 heteroatoms. The third-order valence-electron chi connectivity index (χ3n) is 4.45. The molecule has 0 spiro atoms. The smallest absolute Gasteiger partial charge is 0.269 e. The van der Waals surface area contributed by atoms with Crippen molar-refractivity contribution in [3.8, 4) is 11.3 Å². The highest BCUT2D eigenvalue weighted by molar-refractivity contribution is 5.64. The molecule has 0 bridgehead atoms. The molecule has 0 saturated carbocycles. The summed E-state index contributed by atoms with van der Waals surface area (Å²) in [5.74, 6) is 0. The van der Waals surface area contributed by atoms with Gasteiger partial charge in [0.05, 0.1) is 16.2 Å². The summed E-state index contributed by atoms with van der Waals surface area (Å²) in [6.45, 7) is 2.21. The van der Waals surface area contributed by atoms with Gasteiger partial charge in [-0.2, -0.15) is 5.10 Å². The van der Waals surface area contributed by atoms with Crippen molar-refractivity contribution in [2.75, 3.05) is 19.8 Å². The predicted molar refractivity (Wildman–Crippen MR) is 92.0 cm³/mol. The number of hydrogen-bond donors (Lipinski definition) is 2. The van der Waals surface area contributed by atoms with E-state index in [0.717, 1.165) is 16.8 Å². The molecular formula is C17H22N4O4. The fourth-order valence-corrected chi connectivity index (χ4v) is 3.01. The standard InChI is InChI=1S/C17H22N4O4/c1-20-11-14(10-18-12-17(22)6-8-25-9-7-17)16(19-20)13-2-4-15(5-3-13)21(23)24/h2-5,11,18,22H,6-10,12H2,1H3. The molecule has 0 atom stereocenters. The van der Waals surface area contributed by atoms with Gasteiger partial charge >= 0.3 is 0 Å². The van der Waals surface area contributed by atoms with Crippen LogP contribution < -0.4 is 5.32 Å². The highest BCUT2D eigenvalue weighted by Crippen LogP contribution is 2.25. The number of aromatic nitrogens is 2. The quantitative estimate of drug-likeness (QED) is 0.609. The molecule has 134 valence electrons. The molecule has 1 aromatic heterocycles. The highest BCUT2D eigenvalue weighted by atomic mass is 16.6. The van der Waals surface area contributed by atoms with E-state index < -0.39 is 10.5 Å². The zero-order valence-corrected chi connectivity index (χ0v) is 14.1. The Hall–Kier alpha value is -2.29. The third-order valence-corrected chi connectivity index (χ3v) is 4.45. The molecule has 0 amide bonds. The van der Waals surface area contributed by atoms with Gasteiger partial charge in [0.1, 0.15) is 0 Å². The average Bonchev–Trinajstić information content (AvgIpc) is 2.96. The summed E-state index contributed by atoms with van der Waals surface area (Å²) in [4.78, 5) is 10.4. The molecule has 25 heavy (non-hydrogen) atoms. The van der Waals surface area contributed by atoms with E-state index in [4.69, 9.17) is 4.74 Å². The number of aliphatic hydroxyl groups is 1. The van der Waals surface area contributed by atoms with Crippen LogP contribution in [0.1, 0.15) is 18.4 Å². The Kier molecular flexibility index (Phi) is 5.12. The molecule has 8 nitrogen and oxygen atoms in total. The molecule has 0 radical (unpaired) electrons. The predicted octanol–water partition coefficient (Wildman–Crippen LogP) is 1.63. The fourth-order valence-electron chi connectivity index (χ4n) is 3.01. The van der Waals surface area contributed by atoms with Gasteiger partial charge < -0.3 is 15.2 Å². The van der Waals surface area contributed by atoms with Crippen molar-refractivity contribution in [1.29, 1.82) is 0 Å². The zero-order chi connectivity index (χ0) is 17.9. The van der Waals surface area contributed by atoms with Gasteiger partial charge in [-0.05, 0) is 12.1 Å². The van der Waals surface area contributed by atoms with Crippen LogP contribution in [0.15, 0.2) is 30.5 Å². The maximum Gasteiger partial charge on any atom is 0.269 e. The molecule has 0 unspecified atom stereocenters. The number of nitrogens with one attached hydrogen (secondary N) is 1. The van der Waals surface area contributed by atoms with E-state index >= 15 is 0 Å². The summed E-state index contributed by atoms with van der Waals surface area (Å²) in [5.41, 5.74) is 1.92. The molecule has 2 aromatic rings. The summed E-state index contributed by atoms with van der Waals surface area (Å²) >= 11 is 0. The van der Waals surface area contributed by atoms with Crippen LogP contribution in [0.5, 0.6) is 0 Å². The van der Waals surface area contributed by atoms with Crippen LogP contribution in [-0.2, 0) is 18.3 Å². The number of aryl methyl sites for hydroxylation is 1. The molecule has 1 aromatic carbocycles. The van der Waals surface area contributed by atoms with E-state index in [0.29, 0.717) is 39.1 Å². The van der Waals surface area contributed by atoms with Gasteiger partial charge in [0.25, 0.3) is 5.69 Å². The monoisotopic (exact) mass is 346 g/mol. The molecular weight excluding hydrogens is 324 g/mol. The Bertz CT molecular complexity index is 736. The molecule has 1 aliphatic rings. The van der Waals surface area contributed by atoms with Crippen molar-refractivity contribution in [1.82, 2.24) is 15.1 Å². The second-order valence-corrected chi connectivity index (χ2v) is 6.42. The number of non-ortho nitro benzene ring substituents is 1. The number of nitro benzene ring substituents is 1. The van der Waals surface area contributed by atoms with Crippen molar-refractivity contribution >= 4 is 5.69 Å². The third kappa shape index (κ3) is 4.22. The molecule has 1 fully saturated rings. The van der Waals surface area contributed by atoms with E-state index in [-0.39, 0.29) is 5.69 Å². The molecule has 1 saturated heterocycles. The van der Waals surface area contributed by atoms with Crippen molar-refractivity contribution in [2.24, 2.45) is 7.05 Å². The lowest BCUT2D eigenvalue weighted by atomic mass is 9.94. The minimum atomic E-state index is -0.728. The lowest BCUT2D eigenvalue weighted by molar-refractivity contribution is -0.384. The van der Waals surface area contributed by atoms with E-state index in [1.165, 1.54) is 12.1 Å². The molecule has 3 rings (SSSR count). The van der Waals surface area contributed by atoms with E-state index in [1.807, 2.05) is 13.2 Å². The molecule has 2 N–H and O–H groups in total. The SMILES string of the molecule is Cn1cc(CNCC2(O)CCOCC2)c(-c2ccc([N+](=O)[O-])cc2)n1. The summed E-state index contributed by atoms with van der Waals surface area (Å²) < 4.78 is 7.01. The van der Waals surface area contributed by atoms with Gasteiger partial charge in [0.2, 0.25) is 0 Å². The summed E-state index contributed by atoms with van der Waals surface area (Å²) in [6, 6.07) is 6.36. The van der Waals surface area contributed by atoms with Gasteiger partial charge in [0, 0.05) is 75.6 Å². The second-order valence-electron chi connectivity index (χ2n) is 6.42. The lowest BCUT2D eigenvalue weighted by Gasteiger charge is -2.32. The lowest BCUT2D eigenvalue weighted by Crippen LogP contribution is -2.44. The van der Waals surface area contributed by atoms with Gasteiger partial charge in [-0.15, -0.1) is 0 Å². The first-order valence-corrected chi connectivity index (χ1v) is 8.25. The van der Waals surface area contributed by atoms with Crippen molar-refractivity contribution in [2.45, 2.75) is 25.0 Å². The van der Waals surface area contributed by atoms with Crippen LogP contribution in [-0.4, -0.2) is 45.2 Å². The molecule has 0 aliphatic carbocycles. The number of nitro groups is 1. The summed E-state index contributed by atoms with van der Waals surface area (Å²) in [5, 5.41) is 29.0. The fraction of sp³-hybridized carbons (Fsp3) is 0.471. The topological polar surface area (TPSA) is 102 Å². The number of benzene rings is 1. The number of hydrogen-bond acceptors (Lipinski definition) is 6. The van der Waals surface area contributed by atoms with Gasteiger partial charge in [-0.25, -0.2) is 0 Å². The molecule has 1 aliphatic heterocycles. The highest BCUT2D eigenvalue weighted by Gasteiger charge is 2.29. The maximum atomic E-state index is 10.8. The second kappa shape index (κ2) is 7.30. The minimum Gasteiger partial charge on any atom is -0.388 e. The first-order valence-electron chi connectivity index (χ1n) is 8.25. The average molecular weight is 346 g/mol. The number of ether oxygens (including phenoxy) is 1. The first kappa shape index (κ1) is 17.5. The normalized spacial score (nSPS) is 16.7. The Balaban J connectivity index is 1.69. The summed E-state index contributed by atoms with van der Waals surface area (Å²) in [7, 11) is 1.84. The Labute approximate surface area is 145 Å². The van der Waals surface area contributed by atoms with Crippen LogP contribution in [0, 0.1) is 10.1 Å². The largest absolute Gasteiger partial charge is 0.388 e. The molecule has 2 heterocycles. The van der Waals surface area contributed by atoms with E-state index in [2.05, 4.69) is 10.4 Å². The number of nitrogens with zero attached hydrogens (tertiary/aromatic N) is 3. The minimum absolute atomic E-state index is 0.0566. The van der Waals surface area contributed by atoms with Crippen molar-refractivity contribution in [3.05, 3.63) is 46.1 Å². The van der Waals surface area contributed by atoms with Crippen LogP contribution in [0.3, 0.4) is 0 Å². The van der Waals surface area contributed by atoms with Crippen LogP contribution in [0.25, 0.3) is 11.3 Å². The van der Waals surface area contributed by atoms with Gasteiger partial charge in [-0.1, -0.05) is 0 Å². The van der Waals surface area contributed by atoms with E-state index in [1.54, 1.807) is 16.8 Å². The zero-order valence-electron chi connectivity index (χ0n) is 14.1. The van der Waals surface area contributed by atoms with Gasteiger partial charge in [0.15, 0.2) is 0 Å². The van der Waals surface area contributed by atoms with Crippen LogP contribution >= 0.6 is 0 Å². The van der Waals surface area contributed by atoms with Crippen molar-refractivity contribution in [3.63, 3.8) is 0 Å². The van der Waals surface area contributed by atoms with Gasteiger partial charge in [-0.3, -0.25) is 14.8 Å². The number of rotatable bonds is 6. The van der Waals surface area contributed by atoms with E-state index in [9.17, 15) is 15.2 Å². The Morgan fingerprint density at radius 2 is 2.04 bits per heavy atom. The Morgan fingerprint density at radius 3 is 2.68 bits per heavy atom. The first-order chi connectivity index (χ1) is 12.0. The van der Waals surface area contributed by atoms with Crippen molar-refractivity contribution < 1.29 is 14.8 Å². The van der Waals surface area contributed by atoms with Crippen LogP contribution in [0.2, 0.25) is 0 Å². The summed E-state index contributed by atoms with van der Waals surface area (Å²) in [6.07, 6.45) is 3.17. The Morgan fingerprint density at radius 1 is 1.36 bits per heavy atom. The maximum absolute atomic E-state index is 10.8.